The fraction of sp³-hybridized carbons (Fsp3) is 0.299. The van der Waals surface area contributed by atoms with Crippen molar-refractivity contribution in [1.29, 1.82) is 0 Å². The quantitative estimate of drug-likeness (QED) is 0.0331. The molecular formula is C97H96Cl8N30O6. The molecule has 0 unspecified atom stereocenters. The highest BCUT2D eigenvalue weighted by molar-refractivity contribution is 6.37. The van der Waals surface area contributed by atoms with Gasteiger partial charge in [-0.1, -0.05) is 241 Å². The maximum atomic E-state index is 13.3. The van der Waals surface area contributed by atoms with Crippen LogP contribution in [0.5, 0.6) is 0 Å². The van der Waals surface area contributed by atoms with Crippen LogP contribution in [0.15, 0.2) is 170 Å². The number of aromatic amines is 1. The molecule has 0 bridgehead atoms. The Labute approximate surface area is 849 Å². The number of hydrazine groups is 2. The average molecular weight is 2060 g/mol. The van der Waals surface area contributed by atoms with Crippen molar-refractivity contribution in [1.82, 2.24) is 152 Å². The molecule has 141 heavy (non-hydrogen) atoms. The molecule has 726 valence electrons. The molecule has 16 aromatic rings. The smallest absolute Gasteiger partial charge is 0.286 e. The van der Waals surface area contributed by atoms with E-state index in [0.29, 0.717) is 120 Å². The largest absolute Gasteiger partial charge is 0.392 e. The number of carbonyl (C=O) groups is 4. The van der Waals surface area contributed by atoms with Crippen molar-refractivity contribution in [3.63, 3.8) is 0 Å². The van der Waals surface area contributed by atoms with E-state index < -0.39 is 13.2 Å². The Bertz CT molecular complexity index is 7160. The molecule has 2 aliphatic heterocycles. The number of aliphatic hydroxyl groups is 2. The van der Waals surface area contributed by atoms with Crippen LogP contribution < -0.4 is 21.5 Å². The van der Waals surface area contributed by atoms with Gasteiger partial charge in [-0.2, -0.15) is 30.4 Å². The second kappa shape index (κ2) is 45.2. The average Bonchev–Trinajstić information content (AvgIpc) is 1.63. The number of nitrogens with zero attached hydrogens (tertiary/aromatic N) is 25. The number of hydrogen-bond donors (Lipinski definition) is 7. The Balaban J connectivity index is 0.000000130. The van der Waals surface area contributed by atoms with Crippen LogP contribution in [0.25, 0.3) is 113 Å². The third-order valence-electron chi connectivity index (χ3n) is 24.8. The molecule has 36 nitrogen and oxygen atoms in total. The van der Waals surface area contributed by atoms with Crippen molar-refractivity contribution in [2.75, 3.05) is 26.2 Å². The molecule has 8 aromatic carbocycles. The summed E-state index contributed by atoms with van der Waals surface area (Å²) in [6, 6.07) is 51.3. The highest BCUT2D eigenvalue weighted by atomic mass is 35.5. The van der Waals surface area contributed by atoms with Gasteiger partial charge in [-0.3, -0.25) is 30.0 Å². The molecule has 2 saturated heterocycles. The summed E-state index contributed by atoms with van der Waals surface area (Å²) in [5.74, 6) is 1.17. The molecule has 20 rings (SSSR count). The number of halogens is 8. The first-order valence-electron chi connectivity index (χ1n) is 45.9. The molecule has 0 spiro atoms. The normalized spacial score (nSPS) is 14.3. The standard InChI is InChI=1S/C25H25Cl2N7O.2C24H24Cl2N8O2.C24H23Cl2N7O/c1-15-22(25(35)28-19-6-4-3-5-7-19)30-34(21-13-12-18(26)14-20(21)27)23(15)16-8-10-17(11-9-16)24-29-31-32-33(24)2;1-32-23(27-30-31-32)16-7-5-15(6-8-16)22-18(14-35)21(24(36)29-33-11-3-2-4-12-33)28-34(22)20-10-9-17(25)13-19(20)26;1-32-29-23(27-31-32)16-7-5-15(6-8-16)22-18(14-35)21(24(36)30-33-11-3-2-4-12-33)28-34(22)20-10-9-17(25)13-19(20)26;1-14-21(24(34)27-18-5-3-2-4-6-18)30-33(20-12-11-17(25)13-19(20)26)22(14)15-7-9-16(10-8-15)23-28-31-32-29-23/h8-14,19H,3-7H2,1-2H3,(H,28,35);5-10,13,35H,2-4,11-12,14H2,1H3,(H,29,36);5-10,13,35H,2-4,11-12,14H2,1H3,(H,30,36);7-13,18H,2-6H2,1H3,(H,27,34)(H,28,29,31,32). The van der Waals surface area contributed by atoms with E-state index in [9.17, 15) is 29.4 Å². The lowest BCUT2D eigenvalue weighted by molar-refractivity contribution is 0.0734. The van der Waals surface area contributed by atoms with Crippen molar-refractivity contribution in [3.05, 3.63) is 255 Å². The first-order valence-corrected chi connectivity index (χ1v) is 48.9. The van der Waals surface area contributed by atoms with E-state index in [1.54, 1.807) is 116 Å². The zero-order valence-electron chi connectivity index (χ0n) is 77.1. The van der Waals surface area contributed by atoms with Crippen LogP contribution in [0.4, 0.5) is 0 Å². The molecule has 7 N–H and O–H groups in total. The molecule has 2 saturated carbocycles. The van der Waals surface area contributed by atoms with Crippen LogP contribution in [0, 0.1) is 13.8 Å². The minimum Gasteiger partial charge on any atom is -0.392 e. The Morgan fingerprint density at radius 3 is 0.986 bits per heavy atom. The Morgan fingerprint density at radius 1 is 0.355 bits per heavy atom. The van der Waals surface area contributed by atoms with Crippen LogP contribution in [-0.4, -0.2) is 202 Å². The van der Waals surface area contributed by atoms with Gasteiger partial charge in [-0.25, -0.2) is 38.1 Å². The summed E-state index contributed by atoms with van der Waals surface area (Å²) in [6.45, 7) is 6.13. The number of aliphatic hydroxyl groups excluding tert-OH is 2. The van der Waals surface area contributed by atoms with E-state index in [4.69, 9.17) is 103 Å². The van der Waals surface area contributed by atoms with E-state index in [1.807, 2.05) is 127 Å². The number of H-pyrrole nitrogens is 1. The lowest BCUT2D eigenvalue weighted by Gasteiger charge is -2.26. The van der Waals surface area contributed by atoms with Crippen molar-refractivity contribution in [3.8, 4) is 113 Å². The van der Waals surface area contributed by atoms with Gasteiger partial charge in [-0.05, 0) is 169 Å². The first-order chi connectivity index (χ1) is 68.3. The highest BCUT2D eigenvalue weighted by Crippen LogP contribution is 2.41. The maximum Gasteiger partial charge on any atom is 0.286 e. The predicted octanol–water partition coefficient (Wildman–Crippen LogP) is 18.1. The molecule has 0 atom stereocenters. The van der Waals surface area contributed by atoms with Crippen LogP contribution in [0.3, 0.4) is 0 Å². The third kappa shape index (κ3) is 22.8. The van der Waals surface area contributed by atoms with Gasteiger partial charge < -0.3 is 20.8 Å². The SMILES string of the molecule is Cc1c(C(=O)NC2CCCCC2)nn(-c2ccc(Cl)cc2Cl)c1-c1ccc(-c2nn[nH]n2)cc1.Cc1c(C(=O)NC2CCCCC2)nn(-c2ccc(Cl)cc2Cl)c1-c1ccc(-c2nnnn2C)cc1.Cn1nnc(-c2ccc(-c3c(CO)c(C(=O)NN4CCCCC4)nn3-c3ccc(Cl)cc3Cl)cc2)n1.Cn1nnnc1-c1ccc(-c2c(CO)c(C(=O)NN3CCCCC3)nn2-c2ccc(Cl)cc2Cl)cc1. The number of tetrazole rings is 4. The summed E-state index contributed by atoms with van der Waals surface area (Å²) in [4.78, 5) is 54.5. The minimum atomic E-state index is -0.392. The van der Waals surface area contributed by atoms with Crippen LogP contribution in [0.2, 0.25) is 40.2 Å². The van der Waals surface area contributed by atoms with Crippen molar-refractivity contribution in [2.24, 2.45) is 21.1 Å². The number of benzene rings is 8. The molecule has 0 radical (unpaired) electrons. The molecular weight excluding hydrogens is 1960 g/mol. The van der Waals surface area contributed by atoms with Gasteiger partial charge >= 0.3 is 0 Å². The summed E-state index contributed by atoms with van der Waals surface area (Å²) in [5, 5.41) is 103. The fourth-order valence-corrected chi connectivity index (χ4v) is 19.7. The highest BCUT2D eigenvalue weighted by Gasteiger charge is 2.33. The Hall–Kier alpha value is -13.1. The van der Waals surface area contributed by atoms with Crippen LogP contribution >= 0.6 is 92.8 Å². The number of aryl methyl sites for hydroxylation is 3. The molecule has 4 aliphatic rings. The monoisotopic (exact) mass is 2060 g/mol. The summed E-state index contributed by atoms with van der Waals surface area (Å²) in [6.07, 6.45) is 17.3. The zero-order chi connectivity index (χ0) is 98.6. The number of piperidine rings is 2. The van der Waals surface area contributed by atoms with Gasteiger partial charge in [-0.15, -0.1) is 30.6 Å². The van der Waals surface area contributed by atoms with Crippen molar-refractivity contribution in [2.45, 2.75) is 142 Å². The van der Waals surface area contributed by atoms with Gasteiger partial charge in [0.2, 0.25) is 11.6 Å². The van der Waals surface area contributed by atoms with Gasteiger partial charge in [0, 0.05) is 139 Å². The van der Waals surface area contributed by atoms with E-state index in [-0.39, 0.29) is 47.1 Å². The first kappa shape index (κ1) is 99.5. The summed E-state index contributed by atoms with van der Waals surface area (Å²) < 4.78 is 9.79. The molecule has 4 fully saturated rings. The predicted molar refractivity (Wildman–Crippen MR) is 538 cm³/mol. The molecule has 2 aliphatic carbocycles. The fourth-order valence-electron chi connectivity index (χ4n) is 17.7. The van der Waals surface area contributed by atoms with E-state index in [1.165, 1.54) is 17.6 Å². The van der Waals surface area contributed by atoms with Crippen molar-refractivity contribution < 1.29 is 29.4 Å². The van der Waals surface area contributed by atoms with Gasteiger partial charge in [0.15, 0.2) is 34.4 Å². The lowest BCUT2D eigenvalue weighted by Crippen LogP contribution is -2.45. The summed E-state index contributed by atoms with van der Waals surface area (Å²) in [5.41, 5.74) is 20.7. The van der Waals surface area contributed by atoms with Crippen LogP contribution in [0.1, 0.15) is 167 Å². The minimum absolute atomic E-state index is 0.128. The molecule has 44 heteroatoms. The third-order valence-corrected chi connectivity index (χ3v) is 27.0. The van der Waals surface area contributed by atoms with Crippen molar-refractivity contribution >= 4 is 116 Å². The number of rotatable bonds is 22. The lowest BCUT2D eigenvalue weighted by atomic mass is 9.95. The molecule has 4 amide bonds. The van der Waals surface area contributed by atoms with Crippen LogP contribution in [-0.2, 0) is 34.4 Å². The maximum absolute atomic E-state index is 13.3. The Morgan fingerprint density at radius 2 is 0.674 bits per heavy atom. The molecule has 8 aromatic heterocycles. The van der Waals surface area contributed by atoms with E-state index >= 15 is 0 Å². The van der Waals surface area contributed by atoms with Gasteiger partial charge in [0.1, 0.15) is 0 Å². The topological polar surface area (TPSA) is 420 Å². The Kier molecular flexibility index (Phi) is 31.9. The second-order valence-corrected chi connectivity index (χ2v) is 37.7. The van der Waals surface area contributed by atoms with E-state index in [2.05, 4.69) is 98.8 Å². The van der Waals surface area contributed by atoms with Gasteiger partial charge in [0.05, 0.1) is 85.9 Å². The number of amides is 4. The second-order valence-electron chi connectivity index (χ2n) is 34.3. The number of carbonyl (C=O) groups excluding carboxylic acids is 4. The number of aromatic nitrogens is 24. The number of hydrogen-bond acceptors (Lipinski definition) is 24. The zero-order valence-corrected chi connectivity index (χ0v) is 83.2. The summed E-state index contributed by atoms with van der Waals surface area (Å²) in [7, 11) is 5.25. The summed E-state index contributed by atoms with van der Waals surface area (Å²) >= 11 is 50.7. The van der Waals surface area contributed by atoms with E-state index in [0.717, 1.165) is 183 Å². The number of nitrogens with one attached hydrogen (secondary N) is 5. The van der Waals surface area contributed by atoms with Gasteiger partial charge in [0.25, 0.3) is 23.6 Å². The molecule has 10 heterocycles.